The van der Waals surface area contributed by atoms with Gasteiger partial charge in [-0.1, -0.05) is 46.0 Å². The molecule has 14 heteroatoms. The molecule has 0 aliphatic carbocycles. The predicted octanol–water partition coefficient (Wildman–Crippen LogP) is -2.31. The summed E-state index contributed by atoms with van der Waals surface area (Å²) in [7, 11) is 2.12. The van der Waals surface area contributed by atoms with Crippen LogP contribution in [0.3, 0.4) is 0 Å². The summed E-state index contributed by atoms with van der Waals surface area (Å²) in [5.41, 5.74) is 0. The third kappa shape index (κ3) is 16.6. The molecule has 0 spiro atoms. The molecule has 10 nitrogen and oxygen atoms in total. The number of unbranched alkanes of at least 4 members (excludes halogenated alkanes) is 6. The van der Waals surface area contributed by atoms with Crippen LogP contribution in [0, 0.1) is 0 Å². The van der Waals surface area contributed by atoms with E-state index in [9.17, 15) is 0 Å². The van der Waals surface area contributed by atoms with Gasteiger partial charge in [-0.2, -0.15) is 0 Å². The molecule has 50 heavy (non-hydrogen) atoms. The maximum atomic E-state index is 6.22. The molecule has 0 amide bonds. The Kier molecular flexibility index (Phi) is 32.8. The second-order valence-corrected chi connectivity index (χ2v) is 14.1. The van der Waals surface area contributed by atoms with Crippen molar-refractivity contribution in [1.29, 1.82) is 0 Å². The Morgan fingerprint density at radius 1 is 0.540 bits per heavy atom. The highest BCUT2D eigenvalue weighted by atomic mass is 79.9. The van der Waals surface area contributed by atoms with Crippen molar-refractivity contribution in [1.82, 2.24) is 9.80 Å². The van der Waals surface area contributed by atoms with Crippen molar-refractivity contribution in [2.75, 3.05) is 78.9 Å². The van der Waals surface area contributed by atoms with E-state index < -0.39 is 11.8 Å². The minimum atomic E-state index is -0.781. The van der Waals surface area contributed by atoms with Crippen LogP contribution in [0.1, 0.15) is 107 Å². The molecule has 2 aliphatic heterocycles. The molecule has 0 saturated heterocycles. The number of nitrogens with zero attached hydrogens (tertiary/aromatic N) is 4. The second-order valence-electron chi connectivity index (χ2n) is 12.5. The summed E-state index contributed by atoms with van der Waals surface area (Å²) in [5.74, 6) is -1.56. The van der Waals surface area contributed by atoms with Gasteiger partial charge in [-0.3, -0.25) is 9.80 Å². The zero-order chi connectivity index (χ0) is 35.7. The lowest BCUT2D eigenvalue weighted by molar-refractivity contribution is -0.724. The SMILES string of the molecule is CCCCCCCCN1C=[N+](C(OCC)(OCC)C(C[SiH3])OCC)CC1.CCCCN1C=[N+](C(OCC)(OCC)C(C[SiH3])OCC)CC1.[Br-].[Br-]. The van der Waals surface area contributed by atoms with E-state index in [0.717, 1.165) is 71.8 Å². The molecule has 0 radical (unpaired) electrons. The van der Waals surface area contributed by atoms with E-state index in [4.69, 9.17) is 28.4 Å². The van der Waals surface area contributed by atoms with Gasteiger partial charge < -0.3 is 62.4 Å². The lowest BCUT2D eigenvalue weighted by atomic mass is 10.1. The smallest absolute Gasteiger partial charge is 0.349 e. The molecular weight excluding hydrogens is 800 g/mol. The number of ether oxygens (including phenoxy) is 6. The Morgan fingerprint density at radius 3 is 1.24 bits per heavy atom. The Bertz CT molecular complexity index is 868. The molecule has 2 unspecified atom stereocenters. The Balaban J connectivity index is 0. The maximum absolute atomic E-state index is 6.22. The Labute approximate surface area is 334 Å². The van der Waals surface area contributed by atoms with Gasteiger partial charge in [-0.25, -0.2) is 9.15 Å². The van der Waals surface area contributed by atoms with E-state index in [1.165, 1.54) is 51.4 Å². The van der Waals surface area contributed by atoms with Crippen LogP contribution in [0.5, 0.6) is 0 Å². The summed E-state index contributed by atoms with van der Waals surface area (Å²) in [4.78, 5) is 4.79. The molecular formula is C36H78Br2N4O6Si2. The molecule has 0 bridgehead atoms. The van der Waals surface area contributed by atoms with Gasteiger partial charge in [0, 0.05) is 33.7 Å². The topological polar surface area (TPSA) is 67.9 Å². The molecule has 0 aromatic carbocycles. The molecule has 300 valence electrons. The molecule has 0 N–H and O–H groups in total. The van der Waals surface area contributed by atoms with Crippen molar-refractivity contribution in [2.45, 2.75) is 143 Å². The second kappa shape index (κ2) is 31.4. The van der Waals surface area contributed by atoms with Crippen LogP contribution in [0.2, 0.25) is 12.1 Å². The lowest BCUT2D eigenvalue weighted by Gasteiger charge is -2.37. The van der Waals surface area contributed by atoms with E-state index >= 15 is 0 Å². The van der Waals surface area contributed by atoms with Crippen LogP contribution in [-0.2, 0) is 28.4 Å². The monoisotopic (exact) mass is 876 g/mol. The molecule has 2 aliphatic rings. The molecule has 2 heterocycles. The van der Waals surface area contributed by atoms with E-state index in [2.05, 4.69) is 45.5 Å². The quantitative estimate of drug-likeness (QED) is 0.0377. The van der Waals surface area contributed by atoms with Gasteiger partial charge in [-0.15, -0.1) is 0 Å². The number of rotatable bonds is 28. The van der Waals surface area contributed by atoms with Crippen molar-refractivity contribution in [3.05, 3.63) is 0 Å². The first-order valence-corrected chi connectivity index (χ1v) is 22.7. The highest BCUT2D eigenvalue weighted by molar-refractivity contribution is 6.09. The highest BCUT2D eigenvalue weighted by Gasteiger charge is 2.51. The summed E-state index contributed by atoms with van der Waals surface area (Å²) in [6.45, 7) is 26.7. The van der Waals surface area contributed by atoms with Gasteiger partial charge in [-0.05, 0) is 72.9 Å². The van der Waals surface area contributed by atoms with Crippen LogP contribution in [0.4, 0.5) is 0 Å². The van der Waals surface area contributed by atoms with Crippen molar-refractivity contribution < 1.29 is 71.5 Å². The minimum Gasteiger partial charge on any atom is -1.00 e. The Hall–Kier alpha value is 0.0938. The van der Waals surface area contributed by atoms with Crippen molar-refractivity contribution in [3.63, 3.8) is 0 Å². The van der Waals surface area contributed by atoms with Crippen LogP contribution < -0.4 is 34.0 Å². The van der Waals surface area contributed by atoms with E-state index in [1.807, 2.05) is 41.5 Å². The van der Waals surface area contributed by atoms with Gasteiger partial charge in [0.1, 0.15) is 26.2 Å². The van der Waals surface area contributed by atoms with Crippen molar-refractivity contribution in [3.8, 4) is 0 Å². The Morgan fingerprint density at radius 2 is 0.900 bits per heavy atom. The van der Waals surface area contributed by atoms with Gasteiger partial charge in [0.05, 0.1) is 39.5 Å². The summed E-state index contributed by atoms with van der Waals surface area (Å²) >= 11 is 0. The fourth-order valence-corrected chi connectivity index (χ4v) is 8.22. The first kappa shape index (κ1) is 52.2. The standard InChI is InChI=1S/C20H43N2O3Si.C16H35N2O3Si.2BrH/c1-5-9-10-11-12-13-14-21-15-16-22(18-21)20(24-7-3,25-8-4)19(17-26)23-6-2;1-5-9-10-17-11-12-18(14-17)16(20-7-3,21-8-4)15(13-22)19-6-2;;/h18-19H,5-17H2,1-4,26H3;14-15H,5-13H2,1-4,22H3;2*1H/q2*+1;;/p-2. The predicted molar refractivity (Wildman–Crippen MR) is 206 cm³/mol. The van der Waals surface area contributed by atoms with Gasteiger partial charge in [0.25, 0.3) is 0 Å². The van der Waals surface area contributed by atoms with Gasteiger partial charge in [0.15, 0.2) is 12.2 Å². The van der Waals surface area contributed by atoms with E-state index in [-0.39, 0.29) is 46.2 Å². The molecule has 0 aromatic heterocycles. The summed E-state index contributed by atoms with van der Waals surface area (Å²) in [5, 5.41) is 0. The van der Waals surface area contributed by atoms with E-state index in [1.54, 1.807) is 0 Å². The number of hydrogen-bond acceptors (Lipinski definition) is 8. The largest absolute Gasteiger partial charge is 1.00 e. The van der Waals surface area contributed by atoms with Gasteiger partial charge >= 0.3 is 11.8 Å². The fourth-order valence-electron chi connectivity index (χ4n) is 6.71. The first-order chi connectivity index (χ1) is 23.4. The summed E-state index contributed by atoms with van der Waals surface area (Å²) in [6.07, 6.45) is 14.8. The summed E-state index contributed by atoms with van der Waals surface area (Å²) in [6, 6.07) is 1.99. The fraction of sp³-hybridized carbons (Fsp3) is 0.944. The van der Waals surface area contributed by atoms with Crippen LogP contribution >= 0.6 is 0 Å². The van der Waals surface area contributed by atoms with Crippen LogP contribution in [0.25, 0.3) is 0 Å². The summed E-state index contributed by atoms with van der Waals surface area (Å²) < 4.78 is 41.3. The third-order valence-electron chi connectivity index (χ3n) is 8.96. The highest BCUT2D eigenvalue weighted by Crippen LogP contribution is 2.28. The number of halogens is 2. The van der Waals surface area contributed by atoms with Crippen molar-refractivity contribution >= 4 is 33.2 Å². The molecule has 2 rings (SSSR count). The van der Waals surface area contributed by atoms with E-state index in [0.29, 0.717) is 39.6 Å². The van der Waals surface area contributed by atoms with Crippen LogP contribution in [-0.4, -0.2) is 155 Å². The normalized spacial score (nSPS) is 16.0. The molecule has 0 saturated carbocycles. The third-order valence-corrected chi connectivity index (χ3v) is 10.4. The first-order valence-electron chi connectivity index (χ1n) is 19.9. The average molecular weight is 879 g/mol. The van der Waals surface area contributed by atoms with Gasteiger partial charge in [0.2, 0.25) is 12.7 Å². The molecule has 2 atom stereocenters. The van der Waals surface area contributed by atoms with Crippen LogP contribution in [0.15, 0.2) is 0 Å². The maximum Gasteiger partial charge on any atom is 0.349 e. The zero-order valence-corrected chi connectivity index (χ0v) is 41.0. The zero-order valence-electron chi connectivity index (χ0n) is 33.9. The average Bonchev–Trinajstić information content (AvgIpc) is 3.78. The molecule has 0 aromatic rings. The minimum absolute atomic E-state index is 0. The number of hydrogen-bond donors (Lipinski definition) is 0. The van der Waals surface area contributed by atoms with Crippen molar-refractivity contribution in [2.24, 2.45) is 0 Å². The lowest BCUT2D eigenvalue weighted by Crippen LogP contribution is -3.00. The molecule has 0 fully saturated rings.